The Bertz CT molecular complexity index is 1010. The molecular weight excluding hydrogens is 320 g/mol. The summed E-state index contributed by atoms with van der Waals surface area (Å²) in [5.74, 6) is 0.698. The number of aromatic nitrogens is 5. The summed E-state index contributed by atoms with van der Waals surface area (Å²) in [6.07, 6.45) is 6.89. The van der Waals surface area contributed by atoms with Crippen LogP contribution in [0.3, 0.4) is 0 Å². The second-order valence-electron chi connectivity index (χ2n) is 5.42. The minimum absolute atomic E-state index is 0.698. The van der Waals surface area contributed by atoms with Crippen LogP contribution in [0, 0.1) is 13.8 Å². The van der Waals surface area contributed by atoms with Crippen LogP contribution in [0.25, 0.3) is 22.0 Å². The quantitative estimate of drug-likeness (QED) is 0.612. The number of pyridine rings is 2. The van der Waals surface area contributed by atoms with Crippen molar-refractivity contribution in [1.82, 2.24) is 24.9 Å². The van der Waals surface area contributed by atoms with E-state index >= 15 is 0 Å². The Morgan fingerprint density at radius 1 is 0.958 bits per heavy atom. The zero-order valence-corrected chi connectivity index (χ0v) is 14.0. The lowest BCUT2D eigenvalue weighted by Crippen LogP contribution is -1.98. The van der Waals surface area contributed by atoms with Gasteiger partial charge in [-0.15, -0.1) is 11.3 Å². The minimum atomic E-state index is 0.698. The molecule has 0 saturated heterocycles. The Kier molecular flexibility index (Phi) is 3.62. The molecule has 6 nitrogen and oxygen atoms in total. The van der Waals surface area contributed by atoms with Crippen LogP contribution in [0.1, 0.15) is 11.4 Å². The van der Waals surface area contributed by atoms with Crippen molar-refractivity contribution in [2.24, 2.45) is 0 Å². The van der Waals surface area contributed by atoms with Gasteiger partial charge in [0.1, 0.15) is 11.8 Å². The molecule has 0 atom stereocenters. The van der Waals surface area contributed by atoms with Gasteiger partial charge in [-0.25, -0.2) is 24.9 Å². The number of nitrogens with one attached hydrogen (secondary N) is 1. The van der Waals surface area contributed by atoms with E-state index in [0.717, 1.165) is 38.5 Å². The SMILES string of the molecule is Cc1csc(Nc2ncc(-c3cncnc3)c3ccc(C)nc23)n1. The Labute approximate surface area is 142 Å². The number of anilines is 2. The second kappa shape index (κ2) is 5.93. The molecule has 118 valence electrons. The molecule has 0 aromatic carbocycles. The summed E-state index contributed by atoms with van der Waals surface area (Å²) < 4.78 is 0. The van der Waals surface area contributed by atoms with Crippen molar-refractivity contribution < 1.29 is 0 Å². The first-order chi connectivity index (χ1) is 11.7. The van der Waals surface area contributed by atoms with Crippen LogP contribution in [-0.4, -0.2) is 24.9 Å². The maximum absolute atomic E-state index is 4.68. The first kappa shape index (κ1) is 14.6. The highest BCUT2D eigenvalue weighted by atomic mass is 32.1. The van der Waals surface area contributed by atoms with Crippen LogP contribution >= 0.6 is 11.3 Å². The molecule has 24 heavy (non-hydrogen) atoms. The van der Waals surface area contributed by atoms with Gasteiger partial charge in [0.2, 0.25) is 0 Å². The monoisotopic (exact) mass is 334 g/mol. The van der Waals surface area contributed by atoms with E-state index in [1.165, 1.54) is 6.33 Å². The number of hydrogen-bond donors (Lipinski definition) is 1. The topological polar surface area (TPSA) is 76.5 Å². The summed E-state index contributed by atoms with van der Waals surface area (Å²) in [5.41, 5.74) is 4.60. The third-order valence-corrected chi connectivity index (χ3v) is 4.46. The minimum Gasteiger partial charge on any atom is -0.314 e. The van der Waals surface area contributed by atoms with Crippen molar-refractivity contribution in [3.8, 4) is 11.1 Å². The molecule has 4 aromatic heterocycles. The molecule has 0 unspecified atom stereocenters. The van der Waals surface area contributed by atoms with E-state index in [2.05, 4.69) is 36.3 Å². The Balaban J connectivity index is 1.89. The fourth-order valence-corrected chi connectivity index (χ4v) is 3.17. The largest absolute Gasteiger partial charge is 0.314 e. The standard InChI is InChI=1S/C17H14N6S/c1-10-3-4-13-14(12-5-18-9-19-6-12)7-20-16(15(13)21-10)23-17-22-11(2)8-24-17/h3-9H,1-2H3,(H,20,22,23). The first-order valence-electron chi connectivity index (χ1n) is 7.41. The average Bonchev–Trinajstić information content (AvgIpc) is 3.01. The van der Waals surface area contributed by atoms with Gasteiger partial charge < -0.3 is 5.32 Å². The molecule has 0 spiro atoms. The van der Waals surface area contributed by atoms with Crippen molar-refractivity contribution in [3.63, 3.8) is 0 Å². The molecule has 0 aliphatic heterocycles. The van der Waals surface area contributed by atoms with Crippen LogP contribution in [0.5, 0.6) is 0 Å². The lowest BCUT2D eigenvalue weighted by molar-refractivity contribution is 1.17. The number of fused-ring (bicyclic) bond motifs is 1. The zero-order valence-electron chi connectivity index (χ0n) is 13.2. The summed E-state index contributed by atoms with van der Waals surface area (Å²) in [4.78, 5) is 21.9. The van der Waals surface area contributed by atoms with Gasteiger partial charge in [0, 0.05) is 46.2 Å². The predicted octanol–water partition coefficient (Wildman–Crippen LogP) is 3.90. The van der Waals surface area contributed by atoms with E-state index in [1.807, 2.05) is 31.5 Å². The van der Waals surface area contributed by atoms with Crippen LogP contribution in [-0.2, 0) is 0 Å². The van der Waals surface area contributed by atoms with Gasteiger partial charge >= 0.3 is 0 Å². The van der Waals surface area contributed by atoms with E-state index in [0.29, 0.717) is 5.82 Å². The Morgan fingerprint density at radius 2 is 1.79 bits per heavy atom. The summed E-state index contributed by atoms with van der Waals surface area (Å²) in [5, 5.41) is 7.08. The number of nitrogens with zero attached hydrogens (tertiary/aromatic N) is 5. The van der Waals surface area contributed by atoms with Crippen LogP contribution in [0.4, 0.5) is 10.9 Å². The zero-order chi connectivity index (χ0) is 16.5. The van der Waals surface area contributed by atoms with Gasteiger partial charge in [-0.3, -0.25) is 0 Å². The van der Waals surface area contributed by atoms with Crippen molar-refractivity contribution >= 4 is 33.2 Å². The van der Waals surface area contributed by atoms with Crippen LogP contribution < -0.4 is 5.32 Å². The lowest BCUT2D eigenvalue weighted by Gasteiger charge is -2.10. The number of aryl methyl sites for hydroxylation is 2. The summed E-state index contributed by atoms with van der Waals surface area (Å²) in [7, 11) is 0. The third-order valence-electron chi connectivity index (χ3n) is 3.59. The van der Waals surface area contributed by atoms with Crippen LogP contribution in [0.2, 0.25) is 0 Å². The summed E-state index contributed by atoms with van der Waals surface area (Å²) in [6.45, 7) is 3.93. The Hall–Kier alpha value is -2.93. The summed E-state index contributed by atoms with van der Waals surface area (Å²) in [6, 6.07) is 4.05. The highest BCUT2D eigenvalue weighted by Gasteiger charge is 2.12. The molecule has 0 saturated carbocycles. The first-order valence-corrected chi connectivity index (χ1v) is 8.29. The molecule has 1 N–H and O–H groups in total. The van der Waals surface area contributed by atoms with E-state index in [1.54, 1.807) is 23.7 Å². The van der Waals surface area contributed by atoms with Crippen molar-refractivity contribution in [2.45, 2.75) is 13.8 Å². The molecule has 0 aliphatic carbocycles. The molecule has 0 amide bonds. The molecule has 0 bridgehead atoms. The molecule has 7 heteroatoms. The highest BCUT2D eigenvalue weighted by molar-refractivity contribution is 7.13. The van der Waals surface area contributed by atoms with Crippen molar-refractivity contribution in [3.05, 3.63) is 53.8 Å². The van der Waals surface area contributed by atoms with Gasteiger partial charge in [0.25, 0.3) is 0 Å². The van der Waals surface area contributed by atoms with Gasteiger partial charge in [0.05, 0.1) is 5.69 Å². The fourth-order valence-electron chi connectivity index (χ4n) is 2.49. The smallest absolute Gasteiger partial charge is 0.188 e. The molecule has 0 radical (unpaired) electrons. The molecule has 4 heterocycles. The van der Waals surface area contributed by atoms with E-state index < -0.39 is 0 Å². The second-order valence-corrected chi connectivity index (χ2v) is 6.27. The molecule has 4 aromatic rings. The van der Waals surface area contributed by atoms with E-state index in [4.69, 9.17) is 0 Å². The van der Waals surface area contributed by atoms with Crippen molar-refractivity contribution in [1.29, 1.82) is 0 Å². The van der Waals surface area contributed by atoms with E-state index in [9.17, 15) is 0 Å². The number of hydrogen-bond acceptors (Lipinski definition) is 7. The number of thiazole rings is 1. The van der Waals surface area contributed by atoms with Crippen molar-refractivity contribution in [2.75, 3.05) is 5.32 Å². The van der Waals surface area contributed by atoms with Gasteiger partial charge in [-0.1, -0.05) is 6.07 Å². The maximum Gasteiger partial charge on any atom is 0.188 e. The van der Waals surface area contributed by atoms with Gasteiger partial charge in [-0.05, 0) is 19.9 Å². The Morgan fingerprint density at radius 3 is 2.54 bits per heavy atom. The van der Waals surface area contributed by atoms with E-state index in [-0.39, 0.29) is 0 Å². The number of rotatable bonds is 3. The highest BCUT2D eigenvalue weighted by Crippen LogP contribution is 2.31. The molecule has 4 rings (SSSR count). The lowest BCUT2D eigenvalue weighted by atomic mass is 10.1. The van der Waals surface area contributed by atoms with Crippen LogP contribution in [0.15, 0.2) is 42.4 Å². The molecule has 0 aliphatic rings. The van der Waals surface area contributed by atoms with Gasteiger partial charge in [-0.2, -0.15) is 0 Å². The maximum atomic E-state index is 4.68. The fraction of sp³-hybridized carbons (Fsp3) is 0.118. The molecular formula is C17H14N6S. The predicted molar refractivity (Wildman–Crippen MR) is 95.4 cm³/mol. The normalized spacial score (nSPS) is 10.9. The molecule has 0 fully saturated rings. The third kappa shape index (κ3) is 2.69. The average molecular weight is 334 g/mol. The van der Waals surface area contributed by atoms with Gasteiger partial charge in [0.15, 0.2) is 10.9 Å². The summed E-state index contributed by atoms with van der Waals surface area (Å²) >= 11 is 1.55.